The van der Waals surface area contributed by atoms with E-state index in [-0.39, 0.29) is 17.6 Å². The van der Waals surface area contributed by atoms with Gasteiger partial charge in [0.25, 0.3) is 0 Å². The summed E-state index contributed by atoms with van der Waals surface area (Å²) in [5.41, 5.74) is 4.97. The van der Waals surface area contributed by atoms with E-state index in [1.54, 1.807) is 21.3 Å². The zero-order valence-electron chi connectivity index (χ0n) is 24.2. The number of para-hydroxylation sites is 2. The van der Waals surface area contributed by atoms with E-state index >= 15 is 0 Å². The number of nitrogens with zero attached hydrogens (tertiary/aromatic N) is 1. The largest absolute Gasteiger partial charge is 0.497 e. The first-order chi connectivity index (χ1) is 20.0. The van der Waals surface area contributed by atoms with Crippen molar-refractivity contribution in [2.45, 2.75) is 57.4 Å². The average molecular weight is 555 g/mol. The number of Topliss-reactive ketones (excluding diaryl/α,β-unsaturated/α-hetero) is 1. The topological polar surface area (TPSA) is 77.1 Å². The van der Waals surface area contributed by atoms with Crippen LogP contribution in [0.1, 0.15) is 68.5 Å². The number of ether oxygens (including phenoxy) is 3. The van der Waals surface area contributed by atoms with E-state index in [0.29, 0.717) is 36.3 Å². The molecule has 0 saturated heterocycles. The number of carbonyl (C=O) groups is 2. The maximum atomic E-state index is 14.2. The highest BCUT2D eigenvalue weighted by Gasteiger charge is 2.41. The van der Waals surface area contributed by atoms with Crippen molar-refractivity contribution in [3.05, 3.63) is 89.1 Å². The van der Waals surface area contributed by atoms with E-state index in [0.717, 1.165) is 53.2 Å². The summed E-state index contributed by atoms with van der Waals surface area (Å²) in [4.78, 5) is 30.1. The number of nitrogens with one attached hydrogen (secondary N) is 1. The number of rotatable bonds is 9. The fourth-order valence-electron chi connectivity index (χ4n) is 5.96. The smallest absolute Gasteiger partial charge is 0.227 e. The van der Waals surface area contributed by atoms with Gasteiger partial charge in [0.1, 0.15) is 5.75 Å². The van der Waals surface area contributed by atoms with Crippen molar-refractivity contribution < 1.29 is 23.8 Å². The second-order valence-corrected chi connectivity index (χ2v) is 10.6. The Morgan fingerprint density at radius 3 is 2.32 bits per heavy atom. The van der Waals surface area contributed by atoms with Gasteiger partial charge in [-0.05, 0) is 66.3 Å². The molecule has 214 valence electrons. The second-order valence-electron chi connectivity index (χ2n) is 10.6. The van der Waals surface area contributed by atoms with E-state index in [1.807, 2.05) is 71.6 Å². The SMILES string of the molecule is CCCCCC(=O)N1c2ccccc2NC2=C(C(=O)C[C@H](c3ccc(OC)c(OC)c3)C2)[C@@H]1c1ccc(OC)cc1. The Balaban J connectivity index is 1.64. The monoisotopic (exact) mass is 554 g/mol. The molecule has 0 fully saturated rings. The first-order valence-electron chi connectivity index (χ1n) is 14.3. The van der Waals surface area contributed by atoms with Gasteiger partial charge in [-0.2, -0.15) is 0 Å². The summed E-state index contributed by atoms with van der Waals surface area (Å²) in [5.74, 6) is 1.99. The number of carbonyl (C=O) groups excluding carboxylic acids is 2. The zero-order chi connectivity index (χ0) is 28.9. The van der Waals surface area contributed by atoms with Gasteiger partial charge in [-0.15, -0.1) is 0 Å². The second kappa shape index (κ2) is 12.5. The van der Waals surface area contributed by atoms with Crippen LogP contribution in [0.2, 0.25) is 0 Å². The number of hydrogen-bond acceptors (Lipinski definition) is 6. The van der Waals surface area contributed by atoms with E-state index in [1.165, 1.54) is 0 Å². The lowest BCUT2D eigenvalue weighted by molar-refractivity contribution is -0.119. The highest BCUT2D eigenvalue weighted by Crippen LogP contribution is 2.48. The van der Waals surface area contributed by atoms with Crippen molar-refractivity contribution >= 4 is 23.1 Å². The lowest BCUT2D eigenvalue weighted by atomic mass is 9.78. The predicted molar refractivity (Wildman–Crippen MR) is 161 cm³/mol. The van der Waals surface area contributed by atoms with Gasteiger partial charge in [-0.3, -0.25) is 14.5 Å². The fraction of sp³-hybridized carbons (Fsp3) is 0.353. The van der Waals surface area contributed by atoms with Crippen LogP contribution in [0, 0.1) is 0 Å². The minimum Gasteiger partial charge on any atom is -0.497 e. The van der Waals surface area contributed by atoms with Crippen molar-refractivity contribution in [2.24, 2.45) is 0 Å². The molecule has 0 aromatic heterocycles. The molecule has 1 aliphatic carbocycles. The number of anilines is 2. The van der Waals surface area contributed by atoms with Crippen LogP contribution in [0.3, 0.4) is 0 Å². The molecular weight excluding hydrogens is 516 g/mol. The lowest BCUT2D eigenvalue weighted by Gasteiger charge is -2.35. The standard InChI is InChI=1S/C34H38N2O5/c1-5-6-7-12-32(38)36-28-11-9-8-10-26(28)35-27-19-24(23-15-18-30(40-3)31(21-23)41-4)20-29(37)33(27)34(36)22-13-16-25(39-2)17-14-22/h8-11,13-18,21,24,34-35H,5-7,12,19-20H2,1-4H3/t24-,34+/m1/s1. The number of methoxy groups -OCH3 is 3. The van der Waals surface area contributed by atoms with Crippen molar-refractivity contribution in [1.29, 1.82) is 0 Å². The third-order valence-electron chi connectivity index (χ3n) is 8.06. The third kappa shape index (κ3) is 5.67. The van der Waals surface area contributed by atoms with Gasteiger partial charge >= 0.3 is 0 Å². The van der Waals surface area contributed by atoms with Crippen LogP contribution in [-0.2, 0) is 9.59 Å². The Labute approximate surface area is 242 Å². The molecule has 5 rings (SSSR count). The lowest BCUT2D eigenvalue weighted by Crippen LogP contribution is -2.38. The summed E-state index contributed by atoms with van der Waals surface area (Å²) >= 11 is 0. The third-order valence-corrected chi connectivity index (χ3v) is 8.06. The van der Waals surface area contributed by atoms with Crippen LogP contribution >= 0.6 is 0 Å². The van der Waals surface area contributed by atoms with Gasteiger partial charge in [0, 0.05) is 24.1 Å². The van der Waals surface area contributed by atoms with Crippen LogP contribution in [0.25, 0.3) is 0 Å². The fourth-order valence-corrected chi connectivity index (χ4v) is 5.96. The molecule has 7 nitrogen and oxygen atoms in total. The summed E-state index contributed by atoms with van der Waals surface area (Å²) in [6.45, 7) is 2.13. The van der Waals surface area contributed by atoms with Crippen LogP contribution in [0.5, 0.6) is 17.2 Å². The minimum absolute atomic E-state index is 0.0112. The summed E-state index contributed by atoms with van der Waals surface area (Å²) in [6, 6.07) is 20.8. The molecule has 1 N–H and O–H groups in total. The molecule has 2 atom stereocenters. The molecule has 3 aromatic rings. The maximum absolute atomic E-state index is 14.2. The number of hydrogen-bond donors (Lipinski definition) is 1. The number of benzene rings is 3. The van der Waals surface area contributed by atoms with Gasteiger partial charge in [0.05, 0.1) is 38.7 Å². The summed E-state index contributed by atoms with van der Waals surface area (Å²) < 4.78 is 16.4. The molecule has 2 aliphatic rings. The van der Waals surface area contributed by atoms with Crippen molar-refractivity contribution in [1.82, 2.24) is 0 Å². The van der Waals surface area contributed by atoms with Crippen LogP contribution in [0.4, 0.5) is 11.4 Å². The van der Waals surface area contributed by atoms with Crippen molar-refractivity contribution in [3.8, 4) is 17.2 Å². The van der Waals surface area contributed by atoms with Gasteiger partial charge in [0.2, 0.25) is 5.91 Å². The maximum Gasteiger partial charge on any atom is 0.227 e. The summed E-state index contributed by atoms with van der Waals surface area (Å²) in [6.07, 6.45) is 4.18. The first kappa shape index (κ1) is 28.3. The van der Waals surface area contributed by atoms with Gasteiger partial charge in [-0.25, -0.2) is 0 Å². The molecule has 0 bridgehead atoms. The molecule has 0 spiro atoms. The van der Waals surface area contributed by atoms with E-state index in [9.17, 15) is 9.59 Å². The average Bonchev–Trinajstić information content (AvgIpc) is 3.15. The van der Waals surface area contributed by atoms with Gasteiger partial charge in [0.15, 0.2) is 17.3 Å². The molecule has 1 aliphatic heterocycles. The van der Waals surface area contributed by atoms with E-state index in [4.69, 9.17) is 14.2 Å². The number of allylic oxidation sites excluding steroid dienone is 1. The summed E-state index contributed by atoms with van der Waals surface area (Å²) in [7, 11) is 4.86. The Morgan fingerprint density at radius 2 is 1.61 bits per heavy atom. The normalized spacial score (nSPS) is 18.1. The molecule has 0 radical (unpaired) electrons. The van der Waals surface area contributed by atoms with Crippen molar-refractivity contribution in [3.63, 3.8) is 0 Å². The Bertz CT molecular complexity index is 1450. The minimum atomic E-state index is -0.556. The highest BCUT2D eigenvalue weighted by atomic mass is 16.5. The first-order valence-corrected chi connectivity index (χ1v) is 14.3. The number of unbranched alkanes of at least 4 members (excludes halogenated alkanes) is 2. The molecule has 1 amide bonds. The Morgan fingerprint density at radius 1 is 0.878 bits per heavy atom. The number of ketones is 1. The predicted octanol–water partition coefficient (Wildman–Crippen LogP) is 7.19. The van der Waals surface area contributed by atoms with Gasteiger partial charge < -0.3 is 19.5 Å². The van der Waals surface area contributed by atoms with Crippen LogP contribution in [0.15, 0.2) is 78.0 Å². The van der Waals surface area contributed by atoms with Crippen LogP contribution in [-0.4, -0.2) is 33.0 Å². The van der Waals surface area contributed by atoms with E-state index < -0.39 is 6.04 Å². The van der Waals surface area contributed by atoms with Gasteiger partial charge in [-0.1, -0.05) is 50.1 Å². The molecule has 1 heterocycles. The Kier molecular flexibility index (Phi) is 8.62. The van der Waals surface area contributed by atoms with Crippen LogP contribution < -0.4 is 24.4 Å². The molecule has 7 heteroatoms. The van der Waals surface area contributed by atoms with Crippen molar-refractivity contribution in [2.75, 3.05) is 31.5 Å². The quantitative estimate of drug-likeness (QED) is 0.282. The number of fused-ring (bicyclic) bond motifs is 1. The molecule has 0 saturated carbocycles. The molecular formula is C34H38N2O5. The van der Waals surface area contributed by atoms with E-state index in [2.05, 4.69) is 12.2 Å². The molecule has 3 aromatic carbocycles. The zero-order valence-corrected chi connectivity index (χ0v) is 24.2. The summed E-state index contributed by atoms with van der Waals surface area (Å²) in [5, 5.41) is 3.60. The molecule has 0 unspecified atom stereocenters. The highest BCUT2D eigenvalue weighted by molar-refractivity contribution is 6.06. The number of amides is 1. The Hall–Kier alpha value is -4.26. The molecule has 41 heavy (non-hydrogen) atoms.